The number of aryl methyl sites for hydroxylation is 3. The highest BCUT2D eigenvalue weighted by molar-refractivity contribution is 5.94. The van der Waals surface area contributed by atoms with Gasteiger partial charge in [0, 0.05) is 37.5 Å². The van der Waals surface area contributed by atoms with Crippen molar-refractivity contribution in [1.82, 2.24) is 14.7 Å². The van der Waals surface area contributed by atoms with Gasteiger partial charge in [-0.05, 0) is 44.0 Å². The Balaban J connectivity index is 2.16. The van der Waals surface area contributed by atoms with E-state index >= 15 is 0 Å². The van der Waals surface area contributed by atoms with Gasteiger partial charge in [0.2, 0.25) is 0 Å². The number of hydrogen-bond donors (Lipinski definition) is 0. The fourth-order valence-corrected chi connectivity index (χ4v) is 2.12. The molecule has 2 rings (SSSR count). The van der Waals surface area contributed by atoms with Crippen molar-refractivity contribution in [2.45, 2.75) is 27.3 Å². The number of nitrogens with zero attached hydrogens (tertiary/aromatic N) is 3. The van der Waals surface area contributed by atoms with Crippen LogP contribution < -0.4 is 0 Å². The molecule has 0 aliphatic rings. The molecule has 0 spiro atoms. The Bertz CT molecular complexity index is 643. The highest BCUT2D eigenvalue weighted by atomic mass is 16.2. The Labute approximate surface area is 120 Å². The van der Waals surface area contributed by atoms with Gasteiger partial charge in [0.25, 0.3) is 5.91 Å². The smallest absolute Gasteiger partial charge is 0.253 e. The minimum atomic E-state index is 0.0383. The molecule has 1 heterocycles. The summed E-state index contributed by atoms with van der Waals surface area (Å²) in [7, 11) is 3.73. The van der Waals surface area contributed by atoms with Gasteiger partial charge in [-0.2, -0.15) is 5.10 Å². The number of amides is 1. The van der Waals surface area contributed by atoms with E-state index in [2.05, 4.69) is 5.10 Å². The molecule has 4 nitrogen and oxygen atoms in total. The second-order valence-electron chi connectivity index (χ2n) is 5.34. The van der Waals surface area contributed by atoms with Crippen LogP contribution in [0, 0.1) is 20.8 Å². The van der Waals surface area contributed by atoms with Crippen molar-refractivity contribution >= 4 is 5.91 Å². The van der Waals surface area contributed by atoms with Crippen LogP contribution in [-0.4, -0.2) is 27.6 Å². The normalized spacial score (nSPS) is 10.7. The Hall–Kier alpha value is -2.10. The van der Waals surface area contributed by atoms with Gasteiger partial charge in [-0.25, -0.2) is 0 Å². The van der Waals surface area contributed by atoms with Crippen molar-refractivity contribution in [3.05, 3.63) is 52.3 Å². The topological polar surface area (TPSA) is 38.1 Å². The van der Waals surface area contributed by atoms with Gasteiger partial charge in [-0.15, -0.1) is 0 Å². The molecule has 0 bridgehead atoms. The van der Waals surface area contributed by atoms with E-state index in [-0.39, 0.29) is 5.91 Å². The monoisotopic (exact) mass is 271 g/mol. The third-order valence-electron chi connectivity index (χ3n) is 3.84. The van der Waals surface area contributed by atoms with Gasteiger partial charge in [0.1, 0.15) is 0 Å². The predicted molar refractivity (Wildman–Crippen MR) is 79.7 cm³/mol. The van der Waals surface area contributed by atoms with Gasteiger partial charge in [0.05, 0.1) is 6.20 Å². The average molecular weight is 271 g/mol. The SMILES string of the molecule is Cc1ccc(C(=O)N(C)Cc2cnn(C)c2C)cc1C. The first kappa shape index (κ1) is 14.3. The largest absolute Gasteiger partial charge is 0.337 e. The zero-order chi connectivity index (χ0) is 14.9. The minimum absolute atomic E-state index is 0.0383. The Morgan fingerprint density at radius 1 is 1.25 bits per heavy atom. The zero-order valence-electron chi connectivity index (χ0n) is 12.8. The molecule has 0 atom stereocenters. The van der Waals surface area contributed by atoms with Crippen molar-refractivity contribution in [3.8, 4) is 0 Å². The van der Waals surface area contributed by atoms with Crippen LogP contribution in [0.5, 0.6) is 0 Å². The molecule has 0 saturated heterocycles. The fourth-order valence-electron chi connectivity index (χ4n) is 2.12. The quantitative estimate of drug-likeness (QED) is 0.860. The summed E-state index contributed by atoms with van der Waals surface area (Å²) in [5, 5.41) is 4.21. The fraction of sp³-hybridized carbons (Fsp3) is 0.375. The summed E-state index contributed by atoms with van der Waals surface area (Å²) in [6.45, 7) is 6.66. The molecule has 1 aromatic carbocycles. The van der Waals surface area contributed by atoms with Crippen LogP contribution in [0.3, 0.4) is 0 Å². The van der Waals surface area contributed by atoms with Crippen LogP contribution in [0.2, 0.25) is 0 Å². The van der Waals surface area contributed by atoms with E-state index in [1.165, 1.54) is 5.56 Å². The van der Waals surface area contributed by atoms with Crippen LogP contribution in [0.4, 0.5) is 0 Å². The Morgan fingerprint density at radius 3 is 2.50 bits per heavy atom. The van der Waals surface area contributed by atoms with E-state index < -0.39 is 0 Å². The summed E-state index contributed by atoms with van der Waals surface area (Å²) >= 11 is 0. The molecule has 0 aliphatic carbocycles. The molecule has 0 fully saturated rings. The Morgan fingerprint density at radius 2 is 1.95 bits per heavy atom. The standard InChI is InChI=1S/C16H21N3O/c1-11-6-7-14(8-12(11)2)16(20)18(4)10-15-9-17-19(5)13(15)3/h6-9H,10H2,1-5H3. The van der Waals surface area contributed by atoms with Crippen LogP contribution in [0.1, 0.15) is 32.7 Å². The predicted octanol–water partition coefficient (Wildman–Crippen LogP) is 2.62. The van der Waals surface area contributed by atoms with Gasteiger partial charge >= 0.3 is 0 Å². The van der Waals surface area contributed by atoms with Gasteiger partial charge in [-0.1, -0.05) is 6.07 Å². The van der Waals surface area contributed by atoms with Crippen molar-refractivity contribution in [2.75, 3.05) is 7.05 Å². The van der Waals surface area contributed by atoms with Crippen LogP contribution >= 0.6 is 0 Å². The molecule has 2 aromatic rings. The third-order valence-corrected chi connectivity index (χ3v) is 3.84. The first-order valence-electron chi connectivity index (χ1n) is 6.70. The summed E-state index contributed by atoms with van der Waals surface area (Å²) in [6, 6.07) is 5.83. The lowest BCUT2D eigenvalue weighted by atomic mass is 10.1. The maximum atomic E-state index is 12.4. The van der Waals surface area contributed by atoms with Crippen LogP contribution in [-0.2, 0) is 13.6 Å². The second-order valence-corrected chi connectivity index (χ2v) is 5.34. The van der Waals surface area contributed by atoms with E-state index in [1.807, 2.05) is 63.9 Å². The van der Waals surface area contributed by atoms with Crippen molar-refractivity contribution in [1.29, 1.82) is 0 Å². The molecule has 0 radical (unpaired) electrons. The molecule has 0 N–H and O–H groups in total. The molecule has 0 saturated carbocycles. The molecule has 106 valence electrons. The molecular formula is C16H21N3O. The first-order chi connectivity index (χ1) is 9.40. The maximum Gasteiger partial charge on any atom is 0.253 e. The lowest BCUT2D eigenvalue weighted by molar-refractivity contribution is 0.0785. The molecule has 0 aliphatic heterocycles. The molecule has 0 unspecified atom stereocenters. The van der Waals surface area contributed by atoms with Gasteiger partial charge in [-0.3, -0.25) is 9.48 Å². The summed E-state index contributed by atoms with van der Waals surface area (Å²) in [6.07, 6.45) is 1.82. The molecular weight excluding hydrogens is 250 g/mol. The molecule has 1 aromatic heterocycles. The number of carbonyl (C=O) groups excluding carboxylic acids is 1. The summed E-state index contributed by atoms with van der Waals surface area (Å²) in [4.78, 5) is 14.2. The molecule has 20 heavy (non-hydrogen) atoms. The van der Waals surface area contributed by atoms with Crippen molar-refractivity contribution in [3.63, 3.8) is 0 Å². The number of rotatable bonds is 3. The van der Waals surface area contributed by atoms with Crippen molar-refractivity contribution in [2.24, 2.45) is 7.05 Å². The zero-order valence-corrected chi connectivity index (χ0v) is 12.8. The number of aromatic nitrogens is 2. The van der Waals surface area contributed by atoms with Gasteiger partial charge in [0.15, 0.2) is 0 Å². The summed E-state index contributed by atoms with van der Waals surface area (Å²) in [5.41, 5.74) is 5.24. The van der Waals surface area contributed by atoms with Crippen molar-refractivity contribution < 1.29 is 4.79 Å². The second kappa shape index (κ2) is 5.49. The van der Waals surface area contributed by atoms with E-state index in [1.54, 1.807) is 4.90 Å². The lowest BCUT2D eigenvalue weighted by Crippen LogP contribution is -2.26. The van der Waals surface area contributed by atoms with Crippen LogP contribution in [0.15, 0.2) is 24.4 Å². The van der Waals surface area contributed by atoms with E-state index in [0.29, 0.717) is 6.54 Å². The highest BCUT2D eigenvalue weighted by Gasteiger charge is 2.14. The van der Waals surface area contributed by atoms with Crippen LogP contribution in [0.25, 0.3) is 0 Å². The maximum absolute atomic E-state index is 12.4. The molecule has 1 amide bonds. The van der Waals surface area contributed by atoms with E-state index in [0.717, 1.165) is 22.4 Å². The Kier molecular flexibility index (Phi) is 3.93. The number of benzene rings is 1. The lowest BCUT2D eigenvalue weighted by Gasteiger charge is -2.17. The average Bonchev–Trinajstić information content (AvgIpc) is 2.73. The van der Waals surface area contributed by atoms with E-state index in [9.17, 15) is 4.79 Å². The minimum Gasteiger partial charge on any atom is -0.337 e. The first-order valence-corrected chi connectivity index (χ1v) is 6.70. The number of hydrogen-bond acceptors (Lipinski definition) is 2. The third kappa shape index (κ3) is 2.74. The van der Waals surface area contributed by atoms with Gasteiger partial charge < -0.3 is 4.90 Å². The number of carbonyl (C=O) groups is 1. The highest BCUT2D eigenvalue weighted by Crippen LogP contribution is 2.14. The van der Waals surface area contributed by atoms with E-state index in [4.69, 9.17) is 0 Å². The molecule has 4 heteroatoms. The summed E-state index contributed by atoms with van der Waals surface area (Å²) < 4.78 is 1.82. The summed E-state index contributed by atoms with van der Waals surface area (Å²) in [5.74, 6) is 0.0383.